The molecule has 7 heteroatoms. The summed E-state index contributed by atoms with van der Waals surface area (Å²) in [6.07, 6.45) is -2.34. The molecule has 0 amide bonds. The fraction of sp³-hybridized carbons (Fsp3) is 0.909. The molecule has 0 radical (unpaired) electrons. The van der Waals surface area contributed by atoms with Gasteiger partial charge in [0.15, 0.2) is 0 Å². The largest absolute Gasteiger partial charge is 0.522 e. The summed E-state index contributed by atoms with van der Waals surface area (Å²) in [5, 5.41) is 9.32. The minimum Gasteiger partial charge on any atom is -0.480 e. The Morgan fingerprint density at radius 1 is 1.50 bits per heavy atom. The summed E-state index contributed by atoms with van der Waals surface area (Å²) in [6, 6.07) is 0. The Bertz CT molecular complexity index is 296. The summed E-state index contributed by atoms with van der Waals surface area (Å²) in [4.78, 5) is 13.0. The lowest BCUT2D eigenvalue weighted by atomic mass is 9.91. The van der Waals surface area contributed by atoms with Gasteiger partial charge >= 0.3 is 12.3 Å². The third kappa shape index (κ3) is 3.58. The number of likely N-dealkylation sites (tertiary alicyclic amines) is 1. The number of rotatable bonds is 6. The number of aliphatic carboxylic acids is 1. The Hall–Kier alpha value is -0.820. The zero-order chi connectivity index (χ0) is 13.8. The first-order valence-electron chi connectivity index (χ1n) is 6.01. The van der Waals surface area contributed by atoms with Gasteiger partial charge in [-0.15, -0.1) is 13.2 Å². The summed E-state index contributed by atoms with van der Waals surface area (Å²) < 4.78 is 39.3. The van der Waals surface area contributed by atoms with Gasteiger partial charge in [-0.3, -0.25) is 14.4 Å². The number of ether oxygens (including phenoxy) is 1. The third-order valence-corrected chi connectivity index (χ3v) is 3.31. The molecule has 1 aliphatic heterocycles. The molecule has 1 saturated heterocycles. The van der Waals surface area contributed by atoms with Crippen molar-refractivity contribution in [1.82, 2.24) is 4.90 Å². The normalized spacial score (nSPS) is 25.6. The smallest absolute Gasteiger partial charge is 0.480 e. The lowest BCUT2D eigenvalue weighted by molar-refractivity contribution is -0.325. The molecule has 1 heterocycles. The fourth-order valence-corrected chi connectivity index (χ4v) is 2.58. The number of carbonyl (C=O) groups is 1. The van der Waals surface area contributed by atoms with E-state index in [4.69, 9.17) is 0 Å². The van der Waals surface area contributed by atoms with Crippen molar-refractivity contribution in [3.63, 3.8) is 0 Å². The number of carboxylic acids is 1. The summed E-state index contributed by atoms with van der Waals surface area (Å²) in [6.45, 7) is 1.84. The van der Waals surface area contributed by atoms with Gasteiger partial charge in [0, 0.05) is 6.54 Å². The highest BCUT2D eigenvalue weighted by Crippen LogP contribution is 2.33. The van der Waals surface area contributed by atoms with E-state index in [1.165, 1.54) is 0 Å². The van der Waals surface area contributed by atoms with Crippen LogP contribution in [0.3, 0.4) is 0 Å². The van der Waals surface area contributed by atoms with Crippen LogP contribution in [0, 0.1) is 0 Å². The van der Waals surface area contributed by atoms with E-state index in [9.17, 15) is 23.1 Å². The van der Waals surface area contributed by atoms with Crippen molar-refractivity contribution in [3.8, 4) is 0 Å². The highest BCUT2D eigenvalue weighted by molar-refractivity contribution is 5.79. The average Bonchev–Trinajstić information content (AvgIpc) is 2.61. The van der Waals surface area contributed by atoms with Crippen LogP contribution in [0.2, 0.25) is 0 Å². The fourth-order valence-electron chi connectivity index (χ4n) is 2.58. The van der Waals surface area contributed by atoms with E-state index in [2.05, 4.69) is 4.74 Å². The molecule has 1 fully saturated rings. The maximum Gasteiger partial charge on any atom is 0.522 e. The molecule has 1 aliphatic rings. The molecule has 1 atom stereocenters. The molecule has 1 rings (SSSR count). The second-order valence-electron chi connectivity index (χ2n) is 4.47. The first-order chi connectivity index (χ1) is 8.32. The topological polar surface area (TPSA) is 49.8 Å². The number of hydrogen-bond donors (Lipinski definition) is 1. The molecule has 1 unspecified atom stereocenters. The summed E-state index contributed by atoms with van der Waals surface area (Å²) >= 11 is 0. The second kappa shape index (κ2) is 5.88. The van der Waals surface area contributed by atoms with Gasteiger partial charge in [-0.05, 0) is 25.8 Å². The quantitative estimate of drug-likeness (QED) is 0.803. The standard InChI is InChI=1S/C11H18F3NO3/c1-2-4-10(9(16)17)5-3-6-15(10)7-8-18-11(12,13)14/h2-8H2,1H3,(H,16,17). The van der Waals surface area contributed by atoms with Gasteiger partial charge in [-0.25, -0.2) is 0 Å². The minimum absolute atomic E-state index is 0.00812. The van der Waals surface area contributed by atoms with E-state index in [1.807, 2.05) is 6.92 Å². The van der Waals surface area contributed by atoms with Crippen LogP contribution in [0.15, 0.2) is 0 Å². The molecule has 0 spiro atoms. The SMILES string of the molecule is CCCC1(C(=O)O)CCCN1CCOC(F)(F)F. The Labute approximate surface area is 104 Å². The zero-order valence-corrected chi connectivity index (χ0v) is 10.3. The first kappa shape index (κ1) is 15.2. The van der Waals surface area contributed by atoms with Crippen LogP contribution in [-0.4, -0.2) is 47.6 Å². The molecule has 0 aromatic rings. The number of hydrogen-bond acceptors (Lipinski definition) is 3. The minimum atomic E-state index is -4.66. The predicted octanol–water partition coefficient (Wildman–Crippen LogP) is 2.24. The zero-order valence-electron chi connectivity index (χ0n) is 10.3. The van der Waals surface area contributed by atoms with Gasteiger partial charge in [0.2, 0.25) is 0 Å². The van der Waals surface area contributed by atoms with Crippen LogP contribution in [0.5, 0.6) is 0 Å². The second-order valence-corrected chi connectivity index (χ2v) is 4.47. The Balaban J connectivity index is 2.60. The van der Waals surface area contributed by atoms with Crippen molar-refractivity contribution in [1.29, 1.82) is 0 Å². The molecular formula is C11H18F3NO3. The van der Waals surface area contributed by atoms with Crippen molar-refractivity contribution < 1.29 is 27.8 Å². The van der Waals surface area contributed by atoms with Crippen LogP contribution in [0.4, 0.5) is 13.2 Å². The number of carboxylic acid groups (broad SMARTS) is 1. The monoisotopic (exact) mass is 269 g/mol. The first-order valence-corrected chi connectivity index (χ1v) is 6.01. The van der Waals surface area contributed by atoms with Crippen LogP contribution in [0.25, 0.3) is 0 Å². The Morgan fingerprint density at radius 2 is 2.17 bits per heavy atom. The van der Waals surface area contributed by atoms with Gasteiger partial charge in [0.1, 0.15) is 5.54 Å². The third-order valence-electron chi connectivity index (χ3n) is 3.31. The van der Waals surface area contributed by atoms with Gasteiger partial charge in [-0.1, -0.05) is 13.3 Å². The van der Waals surface area contributed by atoms with Crippen LogP contribution in [0.1, 0.15) is 32.6 Å². The molecule has 0 aliphatic carbocycles. The summed E-state index contributed by atoms with van der Waals surface area (Å²) in [5.41, 5.74) is -1.01. The number of nitrogens with zero attached hydrogens (tertiary/aromatic N) is 1. The summed E-state index contributed by atoms with van der Waals surface area (Å²) in [7, 11) is 0. The molecule has 1 N–H and O–H groups in total. The molecule has 4 nitrogen and oxygen atoms in total. The lowest BCUT2D eigenvalue weighted by Crippen LogP contribution is -2.51. The van der Waals surface area contributed by atoms with Gasteiger partial charge in [0.05, 0.1) is 6.61 Å². The molecular weight excluding hydrogens is 251 g/mol. The number of halogens is 3. The molecule has 0 aromatic carbocycles. The van der Waals surface area contributed by atoms with Crippen LogP contribution in [-0.2, 0) is 9.53 Å². The van der Waals surface area contributed by atoms with Gasteiger partial charge in [-0.2, -0.15) is 0 Å². The van der Waals surface area contributed by atoms with Crippen molar-refractivity contribution in [2.24, 2.45) is 0 Å². The Kier molecular flexibility index (Phi) is 4.98. The van der Waals surface area contributed by atoms with E-state index in [1.54, 1.807) is 4.90 Å². The average molecular weight is 269 g/mol. The van der Waals surface area contributed by atoms with Crippen LogP contribution >= 0.6 is 0 Å². The van der Waals surface area contributed by atoms with Crippen molar-refractivity contribution in [3.05, 3.63) is 0 Å². The number of alkyl halides is 3. The summed E-state index contributed by atoms with van der Waals surface area (Å²) in [5.74, 6) is -0.950. The maximum atomic E-state index is 11.9. The highest BCUT2D eigenvalue weighted by atomic mass is 19.4. The Morgan fingerprint density at radius 3 is 2.67 bits per heavy atom. The van der Waals surface area contributed by atoms with E-state index >= 15 is 0 Å². The van der Waals surface area contributed by atoms with Gasteiger partial charge < -0.3 is 5.11 Å². The van der Waals surface area contributed by atoms with E-state index < -0.39 is 24.5 Å². The molecule has 0 bridgehead atoms. The van der Waals surface area contributed by atoms with Crippen molar-refractivity contribution >= 4 is 5.97 Å². The van der Waals surface area contributed by atoms with Crippen LogP contribution < -0.4 is 0 Å². The molecule has 18 heavy (non-hydrogen) atoms. The highest BCUT2D eigenvalue weighted by Gasteiger charge is 2.46. The van der Waals surface area contributed by atoms with Gasteiger partial charge in [0.25, 0.3) is 0 Å². The van der Waals surface area contributed by atoms with Crippen molar-refractivity contribution in [2.75, 3.05) is 19.7 Å². The lowest BCUT2D eigenvalue weighted by Gasteiger charge is -2.34. The predicted molar refractivity (Wildman–Crippen MR) is 58.1 cm³/mol. The maximum absolute atomic E-state index is 11.9. The van der Waals surface area contributed by atoms with E-state index in [0.717, 1.165) is 0 Å². The van der Waals surface area contributed by atoms with E-state index in [0.29, 0.717) is 32.2 Å². The van der Waals surface area contributed by atoms with E-state index in [-0.39, 0.29) is 6.54 Å². The molecule has 106 valence electrons. The molecule has 0 saturated carbocycles. The van der Waals surface area contributed by atoms with Crippen molar-refractivity contribution in [2.45, 2.75) is 44.5 Å². The molecule has 0 aromatic heterocycles.